The molecule has 3 nitrogen and oxygen atoms in total. The molecule has 1 saturated heterocycles. The van der Waals surface area contributed by atoms with E-state index < -0.39 is 5.97 Å². The van der Waals surface area contributed by atoms with E-state index in [2.05, 4.69) is 30.4 Å². The van der Waals surface area contributed by atoms with Crippen molar-refractivity contribution in [1.29, 1.82) is 0 Å². The molecule has 0 bridgehead atoms. The van der Waals surface area contributed by atoms with E-state index >= 15 is 0 Å². The number of piperidine rings is 1. The molecule has 1 aromatic rings. The van der Waals surface area contributed by atoms with Crippen LogP contribution in [0.2, 0.25) is 0 Å². The van der Waals surface area contributed by atoms with Crippen LogP contribution in [0.15, 0.2) is 18.2 Å². The molecule has 1 fully saturated rings. The zero-order chi connectivity index (χ0) is 13.5. The molecule has 0 amide bonds. The van der Waals surface area contributed by atoms with Crippen LogP contribution < -0.4 is 5.32 Å². The van der Waals surface area contributed by atoms with E-state index in [9.17, 15) is 4.79 Å². The number of carboxylic acids is 1. The van der Waals surface area contributed by atoms with Gasteiger partial charge in [0.1, 0.15) is 0 Å². The van der Waals surface area contributed by atoms with Crippen molar-refractivity contribution >= 4 is 5.97 Å². The predicted octanol–water partition coefficient (Wildman–Crippen LogP) is 2.58. The lowest BCUT2D eigenvalue weighted by molar-refractivity contribution is -0.137. The van der Waals surface area contributed by atoms with Gasteiger partial charge >= 0.3 is 5.97 Å². The summed E-state index contributed by atoms with van der Waals surface area (Å²) in [5, 5.41) is 12.6. The molecule has 0 aromatic heterocycles. The molecule has 1 heterocycles. The molecule has 3 heteroatoms. The number of nitrogens with one attached hydrogen (secondary N) is 1. The Kier molecular flexibility index (Phi) is 3.09. The first-order valence-electron chi connectivity index (χ1n) is 7.15. The number of hydrogen-bond acceptors (Lipinski definition) is 2. The van der Waals surface area contributed by atoms with Crippen LogP contribution in [0, 0.1) is 6.92 Å². The van der Waals surface area contributed by atoms with Crippen LogP contribution in [0.25, 0.3) is 0 Å². The Morgan fingerprint density at radius 2 is 2.16 bits per heavy atom. The average Bonchev–Trinajstić information content (AvgIpc) is 2.65. The smallest absolute Gasteiger partial charge is 0.303 e. The highest BCUT2D eigenvalue weighted by Gasteiger charge is 2.45. The highest BCUT2D eigenvalue weighted by molar-refractivity contribution is 5.69. The molecular weight excluding hydrogens is 238 g/mol. The summed E-state index contributed by atoms with van der Waals surface area (Å²) >= 11 is 0. The van der Waals surface area contributed by atoms with E-state index in [1.165, 1.54) is 16.7 Å². The minimum absolute atomic E-state index is 0.200. The third-order valence-corrected chi connectivity index (χ3v) is 4.89. The van der Waals surface area contributed by atoms with Crippen LogP contribution in [0.3, 0.4) is 0 Å². The van der Waals surface area contributed by atoms with Crippen LogP contribution in [-0.2, 0) is 10.2 Å². The fraction of sp³-hybridized carbons (Fsp3) is 0.562. The number of rotatable bonds is 2. The second-order valence-corrected chi connectivity index (χ2v) is 6.07. The standard InChI is InChI=1S/C16H21NO2/c1-11-3-2-4-13-12(9-14(18)19)10-16(15(11)13)5-7-17-8-6-16/h2-4,12,17H,5-10H2,1H3,(H,18,19). The highest BCUT2D eigenvalue weighted by Crippen LogP contribution is 2.53. The molecule has 0 saturated carbocycles. The van der Waals surface area contributed by atoms with Gasteiger partial charge in [0.25, 0.3) is 0 Å². The summed E-state index contributed by atoms with van der Waals surface area (Å²) in [6, 6.07) is 6.39. The second kappa shape index (κ2) is 4.64. The lowest BCUT2D eigenvalue weighted by atomic mass is 9.72. The Morgan fingerprint density at radius 1 is 1.42 bits per heavy atom. The largest absolute Gasteiger partial charge is 0.481 e. The summed E-state index contributed by atoms with van der Waals surface area (Å²) in [5.74, 6) is -0.478. The average molecular weight is 259 g/mol. The number of benzene rings is 1. The fourth-order valence-electron chi connectivity index (χ4n) is 4.19. The number of aliphatic carboxylic acids is 1. The van der Waals surface area contributed by atoms with E-state index in [1.54, 1.807) is 0 Å². The van der Waals surface area contributed by atoms with E-state index in [-0.39, 0.29) is 17.8 Å². The van der Waals surface area contributed by atoms with Gasteiger partial charge < -0.3 is 10.4 Å². The van der Waals surface area contributed by atoms with E-state index in [4.69, 9.17) is 5.11 Å². The minimum Gasteiger partial charge on any atom is -0.481 e. The molecule has 1 aliphatic carbocycles. The zero-order valence-corrected chi connectivity index (χ0v) is 11.4. The lowest BCUT2D eigenvalue weighted by Crippen LogP contribution is -2.38. The summed E-state index contributed by atoms with van der Waals surface area (Å²) < 4.78 is 0. The Hall–Kier alpha value is -1.35. The molecular formula is C16H21NO2. The predicted molar refractivity (Wildman–Crippen MR) is 74.6 cm³/mol. The van der Waals surface area contributed by atoms with Gasteiger partial charge in [-0.2, -0.15) is 0 Å². The first-order chi connectivity index (χ1) is 9.12. The molecule has 2 N–H and O–H groups in total. The van der Waals surface area contributed by atoms with Crippen molar-refractivity contribution in [2.45, 2.75) is 43.9 Å². The highest BCUT2D eigenvalue weighted by atomic mass is 16.4. The molecule has 0 radical (unpaired) electrons. The van der Waals surface area contributed by atoms with Gasteiger partial charge in [0.15, 0.2) is 0 Å². The van der Waals surface area contributed by atoms with E-state index in [1.807, 2.05) is 0 Å². The molecule has 2 aliphatic rings. The van der Waals surface area contributed by atoms with Gasteiger partial charge in [0.2, 0.25) is 0 Å². The van der Waals surface area contributed by atoms with Crippen molar-refractivity contribution in [2.24, 2.45) is 0 Å². The van der Waals surface area contributed by atoms with E-state index in [0.29, 0.717) is 0 Å². The summed E-state index contributed by atoms with van der Waals surface area (Å²) in [5.41, 5.74) is 4.32. The maximum absolute atomic E-state index is 11.1. The quantitative estimate of drug-likeness (QED) is 0.858. The number of hydrogen-bond donors (Lipinski definition) is 2. The molecule has 1 spiro atoms. The van der Waals surface area contributed by atoms with Crippen molar-refractivity contribution in [3.05, 3.63) is 34.9 Å². The molecule has 1 aromatic carbocycles. The minimum atomic E-state index is -0.677. The monoisotopic (exact) mass is 259 g/mol. The molecule has 3 rings (SSSR count). The molecule has 1 atom stereocenters. The third kappa shape index (κ3) is 2.06. The van der Waals surface area contributed by atoms with Gasteiger partial charge in [-0.25, -0.2) is 0 Å². The Labute approximate surface area is 114 Å². The summed E-state index contributed by atoms with van der Waals surface area (Å²) in [6.45, 7) is 4.27. The van der Waals surface area contributed by atoms with Crippen molar-refractivity contribution in [3.63, 3.8) is 0 Å². The topological polar surface area (TPSA) is 49.3 Å². The summed E-state index contributed by atoms with van der Waals surface area (Å²) in [4.78, 5) is 11.1. The SMILES string of the molecule is Cc1cccc2c1C1(CCNCC1)CC2CC(=O)O. The first-order valence-corrected chi connectivity index (χ1v) is 7.15. The maximum Gasteiger partial charge on any atom is 0.303 e. The van der Waals surface area contributed by atoms with E-state index in [0.717, 1.165) is 32.4 Å². The van der Waals surface area contributed by atoms with Crippen molar-refractivity contribution in [2.75, 3.05) is 13.1 Å². The van der Waals surface area contributed by atoms with Gasteiger partial charge in [-0.15, -0.1) is 0 Å². The van der Waals surface area contributed by atoms with Crippen LogP contribution >= 0.6 is 0 Å². The van der Waals surface area contributed by atoms with Crippen LogP contribution in [0.5, 0.6) is 0 Å². The number of fused-ring (bicyclic) bond motifs is 2. The second-order valence-electron chi connectivity index (χ2n) is 6.07. The zero-order valence-electron chi connectivity index (χ0n) is 11.4. The third-order valence-electron chi connectivity index (χ3n) is 4.89. The van der Waals surface area contributed by atoms with Crippen LogP contribution in [-0.4, -0.2) is 24.2 Å². The van der Waals surface area contributed by atoms with Crippen molar-refractivity contribution in [3.8, 4) is 0 Å². The number of carbonyl (C=O) groups is 1. The molecule has 1 unspecified atom stereocenters. The lowest BCUT2D eigenvalue weighted by Gasteiger charge is -2.36. The number of carboxylic acid groups (broad SMARTS) is 1. The number of aryl methyl sites for hydroxylation is 1. The first kappa shape index (κ1) is 12.7. The molecule has 1 aliphatic heterocycles. The Morgan fingerprint density at radius 3 is 2.84 bits per heavy atom. The van der Waals surface area contributed by atoms with Gasteiger partial charge in [0.05, 0.1) is 6.42 Å². The van der Waals surface area contributed by atoms with Crippen molar-refractivity contribution < 1.29 is 9.90 Å². The van der Waals surface area contributed by atoms with Gasteiger partial charge in [0, 0.05) is 0 Å². The molecule has 19 heavy (non-hydrogen) atoms. The fourth-order valence-corrected chi connectivity index (χ4v) is 4.19. The van der Waals surface area contributed by atoms with Gasteiger partial charge in [-0.3, -0.25) is 4.79 Å². The van der Waals surface area contributed by atoms with Gasteiger partial charge in [-0.05, 0) is 67.3 Å². The normalized spacial score (nSPS) is 24.4. The summed E-state index contributed by atoms with van der Waals surface area (Å²) in [6.07, 6.45) is 3.56. The Balaban J connectivity index is 2.05. The summed E-state index contributed by atoms with van der Waals surface area (Å²) in [7, 11) is 0. The van der Waals surface area contributed by atoms with Crippen LogP contribution in [0.4, 0.5) is 0 Å². The maximum atomic E-state index is 11.1. The van der Waals surface area contributed by atoms with Crippen molar-refractivity contribution in [1.82, 2.24) is 5.32 Å². The molecule has 102 valence electrons. The Bertz CT molecular complexity index is 503. The van der Waals surface area contributed by atoms with Crippen LogP contribution in [0.1, 0.15) is 48.3 Å². The van der Waals surface area contributed by atoms with Gasteiger partial charge in [-0.1, -0.05) is 18.2 Å².